The molecule has 0 aliphatic carbocycles. The van der Waals surface area contributed by atoms with E-state index in [0.29, 0.717) is 23.3 Å². The number of likely N-dealkylation sites (tertiary alicyclic amines) is 1. The normalized spacial score (nSPS) is 16.3. The van der Waals surface area contributed by atoms with Crippen molar-refractivity contribution in [2.45, 2.75) is 19.0 Å². The number of nitrogens with one attached hydrogen (secondary N) is 1. The van der Waals surface area contributed by atoms with Crippen LogP contribution in [0, 0.1) is 0 Å². The average molecular weight is 437 g/mol. The molecule has 0 radical (unpaired) electrons. The van der Waals surface area contributed by atoms with Gasteiger partial charge in [-0.05, 0) is 30.0 Å². The van der Waals surface area contributed by atoms with E-state index >= 15 is 0 Å². The number of para-hydroxylation sites is 1. The largest absolute Gasteiger partial charge is 0.380 e. The van der Waals surface area contributed by atoms with Gasteiger partial charge in [-0.2, -0.15) is 0 Å². The van der Waals surface area contributed by atoms with Gasteiger partial charge in [0, 0.05) is 40.6 Å². The summed E-state index contributed by atoms with van der Waals surface area (Å²) in [6.07, 6.45) is 2.38. The molecule has 6 nitrogen and oxygen atoms in total. The van der Waals surface area contributed by atoms with Crippen LogP contribution in [-0.4, -0.2) is 39.5 Å². The van der Waals surface area contributed by atoms with E-state index in [-0.39, 0.29) is 24.1 Å². The summed E-state index contributed by atoms with van der Waals surface area (Å²) in [6.45, 7) is 1.34. The Labute approximate surface area is 181 Å². The van der Waals surface area contributed by atoms with Crippen LogP contribution in [0.2, 0.25) is 0 Å². The SMILES string of the molecule is O=C(Cn1cnc2scc(-c3cccs3)c2c1=O)N1CCC(Nc2ccccc2)C1. The molecular formula is C22H20N4O2S2. The minimum Gasteiger partial charge on any atom is -0.380 e. The van der Waals surface area contributed by atoms with Crippen LogP contribution in [0.1, 0.15) is 6.42 Å². The lowest BCUT2D eigenvalue weighted by Gasteiger charge is -2.18. The predicted molar refractivity (Wildman–Crippen MR) is 122 cm³/mol. The van der Waals surface area contributed by atoms with E-state index in [1.54, 1.807) is 11.3 Å². The summed E-state index contributed by atoms with van der Waals surface area (Å²) in [5.41, 5.74) is 1.80. The van der Waals surface area contributed by atoms with Crippen LogP contribution in [0.3, 0.4) is 0 Å². The van der Waals surface area contributed by atoms with Gasteiger partial charge in [0.05, 0.1) is 11.7 Å². The third-order valence-corrected chi connectivity index (χ3v) is 7.13. The van der Waals surface area contributed by atoms with Crippen molar-refractivity contribution < 1.29 is 4.79 Å². The van der Waals surface area contributed by atoms with Gasteiger partial charge in [0.15, 0.2) is 0 Å². The Bertz CT molecular complexity index is 1230. The lowest BCUT2D eigenvalue weighted by atomic mass is 10.2. The summed E-state index contributed by atoms with van der Waals surface area (Å²) >= 11 is 3.05. The van der Waals surface area contributed by atoms with E-state index in [2.05, 4.69) is 10.3 Å². The lowest BCUT2D eigenvalue weighted by molar-refractivity contribution is -0.130. The highest BCUT2D eigenvalue weighted by Crippen LogP contribution is 2.33. The molecule has 1 aromatic carbocycles. The van der Waals surface area contributed by atoms with Crippen molar-refractivity contribution in [1.29, 1.82) is 0 Å². The first kappa shape index (κ1) is 19.0. The number of benzene rings is 1. The van der Waals surface area contributed by atoms with Crippen LogP contribution in [0.4, 0.5) is 5.69 Å². The number of carbonyl (C=O) groups excluding carboxylic acids is 1. The van der Waals surface area contributed by atoms with Crippen LogP contribution in [-0.2, 0) is 11.3 Å². The third kappa shape index (κ3) is 3.64. The summed E-state index contributed by atoms with van der Waals surface area (Å²) in [7, 11) is 0. The molecule has 1 saturated heterocycles. The monoisotopic (exact) mass is 436 g/mol. The lowest BCUT2D eigenvalue weighted by Crippen LogP contribution is -2.36. The van der Waals surface area contributed by atoms with E-state index in [0.717, 1.165) is 22.5 Å². The van der Waals surface area contributed by atoms with E-state index < -0.39 is 0 Å². The van der Waals surface area contributed by atoms with Crippen molar-refractivity contribution in [3.63, 3.8) is 0 Å². The number of anilines is 1. The maximum atomic E-state index is 13.1. The smallest absolute Gasteiger partial charge is 0.263 e. The van der Waals surface area contributed by atoms with E-state index in [1.807, 2.05) is 58.1 Å². The molecule has 5 rings (SSSR count). The number of fused-ring (bicyclic) bond motifs is 1. The number of amides is 1. The number of nitrogens with zero attached hydrogens (tertiary/aromatic N) is 3. The third-order valence-electron chi connectivity index (χ3n) is 5.34. The predicted octanol–water partition coefficient (Wildman–Crippen LogP) is 3.90. The molecule has 4 aromatic rings. The maximum absolute atomic E-state index is 13.1. The number of hydrogen-bond acceptors (Lipinski definition) is 6. The Kier molecular flexibility index (Phi) is 5.10. The highest BCUT2D eigenvalue weighted by atomic mass is 32.1. The second-order valence-electron chi connectivity index (χ2n) is 7.32. The molecule has 1 N–H and O–H groups in total. The van der Waals surface area contributed by atoms with Gasteiger partial charge in [0.25, 0.3) is 5.56 Å². The molecule has 0 spiro atoms. The molecule has 4 heterocycles. The molecule has 1 aliphatic rings. The number of hydrogen-bond donors (Lipinski definition) is 1. The Balaban J connectivity index is 1.32. The van der Waals surface area contributed by atoms with E-state index in [1.165, 1.54) is 22.2 Å². The van der Waals surface area contributed by atoms with E-state index in [9.17, 15) is 9.59 Å². The zero-order valence-corrected chi connectivity index (χ0v) is 17.8. The fraction of sp³-hybridized carbons (Fsp3) is 0.227. The van der Waals surface area contributed by atoms with Crippen molar-refractivity contribution in [3.8, 4) is 10.4 Å². The fourth-order valence-electron chi connectivity index (χ4n) is 3.81. The second kappa shape index (κ2) is 8.04. The standard InChI is InChI=1S/C22H20N4O2S2/c27-19(25-9-8-16(11-25)24-15-5-2-1-3-6-15)12-26-14-23-21-20(22(26)28)17(13-30-21)18-7-4-10-29-18/h1-7,10,13-14,16,24H,8-9,11-12H2. The van der Waals surface area contributed by atoms with Gasteiger partial charge in [0.1, 0.15) is 11.4 Å². The maximum Gasteiger partial charge on any atom is 0.263 e. The zero-order chi connectivity index (χ0) is 20.5. The first-order valence-corrected chi connectivity index (χ1v) is 11.5. The van der Waals surface area contributed by atoms with Gasteiger partial charge < -0.3 is 10.2 Å². The number of thiophene rings is 2. The molecule has 8 heteroatoms. The summed E-state index contributed by atoms with van der Waals surface area (Å²) in [5, 5.41) is 8.03. The zero-order valence-electron chi connectivity index (χ0n) is 16.2. The Morgan fingerprint density at radius 2 is 2.03 bits per heavy atom. The van der Waals surface area contributed by atoms with Gasteiger partial charge in [-0.15, -0.1) is 22.7 Å². The van der Waals surface area contributed by atoms with Crippen LogP contribution in [0.25, 0.3) is 20.7 Å². The molecule has 1 unspecified atom stereocenters. The molecule has 0 bridgehead atoms. The van der Waals surface area contributed by atoms with Crippen molar-refractivity contribution in [2.24, 2.45) is 0 Å². The van der Waals surface area contributed by atoms with Gasteiger partial charge in [-0.1, -0.05) is 24.3 Å². The van der Waals surface area contributed by atoms with Gasteiger partial charge in [0.2, 0.25) is 5.91 Å². The molecule has 1 atom stereocenters. The van der Waals surface area contributed by atoms with Crippen LogP contribution < -0.4 is 10.9 Å². The van der Waals surface area contributed by atoms with Crippen LogP contribution in [0.5, 0.6) is 0 Å². The number of carbonyl (C=O) groups is 1. The van der Waals surface area contributed by atoms with Crippen LogP contribution >= 0.6 is 22.7 Å². The number of aromatic nitrogens is 2. The van der Waals surface area contributed by atoms with Crippen LogP contribution in [0.15, 0.2) is 64.3 Å². The quantitative estimate of drug-likeness (QED) is 0.515. The van der Waals surface area contributed by atoms with Crippen molar-refractivity contribution in [2.75, 3.05) is 18.4 Å². The summed E-state index contributed by atoms with van der Waals surface area (Å²) in [6, 6.07) is 14.2. The molecule has 1 fully saturated rings. The molecule has 0 saturated carbocycles. The fourth-order valence-corrected chi connectivity index (χ4v) is 5.53. The highest BCUT2D eigenvalue weighted by molar-refractivity contribution is 7.18. The van der Waals surface area contributed by atoms with E-state index in [4.69, 9.17) is 0 Å². The average Bonchev–Trinajstić information content (AvgIpc) is 3.51. The first-order chi connectivity index (χ1) is 14.7. The Hall–Kier alpha value is -2.97. The topological polar surface area (TPSA) is 67.2 Å². The molecule has 152 valence electrons. The van der Waals surface area contributed by atoms with Gasteiger partial charge >= 0.3 is 0 Å². The van der Waals surface area contributed by atoms with Crippen molar-refractivity contribution in [3.05, 3.63) is 69.9 Å². The molecule has 3 aromatic heterocycles. The molecular weight excluding hydrogens is 416 g/mol. The van der Waals surface area contributed by atoms with Gasteiger partial charge in [-0.3, -0.25) is 14.2 Å². The second-order valence-corrected chi connectivity index (χ2v) is 9.13. The molecule has 30 heavy (non-hydrogen) atoms. The summed E-state index contributed by atoms with van der Waals surface area (Å²) < 4.78 is 1.44. The first-order valence-electron chi connectivity index (χ1n) is 9.79. The molecule has 1 amide bonds. The Morgan fingerprint density at radius 3 is 2.83 bits per heavy atom. The minimum atomic E-state index is -0.156. The summed E-state index contributed by atoms with van der Waals surface area (Å²) in [5.74, 6) is -0.0523. The van der Waals surface area contributed by atoms with Crippen molar-refractivity contribution in [1.82, 2.24) is 14.5 Å². The summed E-state index contributed by atoms with van der Waals surface area (Å²) in [4.78, 5) is 34.0. The highest BCUT2D eigenvalue weighted by Gasteiger charge is 2.26. The number of rotatable bonds is 5. The van der Waals surface area contributed by atoms with Gasteiger partial charge in [-0.25, -0.2) is 4.98 Å². The minimum absolute atomic E-state index is 0.0134. The van der Waals surface area contributed by atoms with Crippen molar-refractivity contribution >= 4 is 44.5 Å². The molecule has 1 aliphatic heterocycles. The Morgan fingerprint density at radius 1 is 1.17 bits per heavy atom.